The Labute approximate surface area is 111 Å². The lowest BCUT2D eigenvalue weighted by atomic mass is 9.79. The van der Waals surface area contributed by atoms with Crippen LogP contribution in [0, 0.1) is 11.8 Å². The molecule has 102 valence electrons. The van der Waals surface area contributed by atoms with Crippen molar-refractivity contribution < 1.29 is 4.42 Å². The molecule has 1 aromatic rings. The highest BCUT2D eigenvalue weighted by Crippen LogP contribution is 2.29. The van der Waals surface area contributed by atoms with Gasteiger partial charge in [0.25, 0.3) is 0 Å². The van der Waals surface area contributed by atoms with E-state index in [9.17, 15) is 0 Å². The third-order valence-electron chi connectivity index (χ3n) is 4.33. The van der Waals surface area contributed by atoms with Crippen molar-refractivity contribution in [2.45, 2.75) is 65.0 Å². The number of aryl methyl sites for hydroxylation is 1. The maximum atomic E-state index is 5.38. The van der Waals surface area contributed by atoms with Gasteiger partial charge in [0.05, 0.1) is 6.26 Å². The van der Waals surface area contributed by atoms with E-state index in [1.165, 1.54) is 19.3 Å². The summed E-state index contributed by atoms with van der Waals surface area (Å²) in [5.41, 5.74) is 0. The van der Waals surface area contributed by atoms with Crippen molar-refractivity contribution in [3.8, 4) is 0 Å². The van der Waals surface area contributed by atoms with Crippen LogP contribution in [0.5, 0.6) is 0 Å². The number of rotatable bonds is 5. The molecular formula is C16H27NO. The van der Waals surface area contributed by atoms with Gasteiger partial charge in [-0.2, -0.15) is 0 Å². The Kier molecular flexibility index (Phi) is 4.87. The van der Waals surface area contributed by atoms with Crippen LogP contribution in [0.2, 0.25) is 0 Å². The van der Waals surface area contributed by atoms with Gasteiger partial charge in [-0.25, -0.2) is 0 Å². The predicted octanol–water partition coefficient (Wildman–Crippen LogP) is 4.02. The van der Waals surface area contributed by atoms with Gasteiger partial charge >= 0.3 is 0 Å². The SMILES string of the molecule is CC1CCC(NC(C)CCc2ccco2)C(C)C1. The number of hydrogen-bond acceptors (Lipinski definition) is 2. The molecule has 2 rings (SSSR count). The molecule has 1 aliphatic carbocycles. The minimum atomic E-state index is 0.580. The lowest BCUT2D eigenvalue weighted by molar-refractivity contribution is 0.213. The Balaban J connectivity index is 1.72. The first-order chi connectivity index (χ1) is 8.65. The van der Waals surface area contributed by atoms with Crippen LogP contribution in [-0.2, 0) is 6.42 Å². The van der Waals surface area contributed by atoms with Crippen LogP contribution in [0.4, 0.5) is 0 Å². The minimum Gasteiger partial charge on any atom is -0.469 e. The fourth-order valence-electron chi connectivity index (χ4n) is 3.18. The molecule has 2 heteroatoms. The number of hydrogen-bond donors (Lipinski definition) is 1. The van der Waals surface area contributed by atoms with Gasteiger partial charge in [-0.15, -0.1) is 0 Å². The van der Waals surface area contributed by atoms with Crippen LogP contribution in [-0.4, -0.2) is 12.1 Å². The summed E-state index contributed by atoms with van der Waals surface area (Å²) in [4.78, 5) is 0. The average Bonchev–Trinajstić information content (AvgIpc) is 2.83. The summed E-state index contributed by atoms with van der Waals surface area (Å²) in [6, 6.07) is 5.33. The van der Waals surface area contributed by atoms with Gasteiger partial charge in [-0.3, -0.25) is 0 Å². The first-order valence-corrected chi connectivity index (χ1v) is 7.43. The zero-order chi connectivity index (χ0) is 13.0. The molecule has 1 N–H and O–H groups in total. The monoisotopic (exact) mass is 249 g/mol. The maximum Gasteiger partial charge on any atom is 0.103 e. The second-order valence-electron chi connectivity index (χ2n) is 6.19. The van der Waals surface area contributed by atoms with Gasteiger partial charge in [-0.05, 0) is 56.6 Å². The molecule has 0 saturated heterocycles. The van der Waals surface area contributed by atoms with Crippen molar-refractivity contribution in [1.82, 2.24) is 5.32 Å². The lowest BCUT2D eigenvalue weighted by Gasteiger charge is -2.35. The number of furan rings is 1. The maximum absolute atomic E-state index is 5.38. The van der Waals surface area contributed by atoms with Crippen LogP contribution in [0.25, 0.3) is 0 Å². The molecule has 1 fully saturated rings. The summed E-state index contributed by atoms with van der Waals surface area (Å²) < 4.78 is 5.38. The molecule has 1 aromatic heterocycles. The zero-order valence-corrected chi connectivity index (χ0v) is 12.0. The van der Waals surface area contributed by atoms with E-state index in [-0.39, 0.29) is 0 Å². The van der Waals surface area contributed by atoms with E-state index in [1.54, 1.807) is 6.26 Å². The van der Waals surface area contributed by atoms with Crippen molar-refractivity contribution in [3.05, 3.63) is 24.2 Å². The van der Waals surface area contributed by atoms with Crippen LogP contribution in [0.1, 0.15) is 52.2 Å². The van der Waals surface area contributed by atoms with Crippen molar-refractivity contribution in [3.63, 3.8) is 0 Å². The van der Waals surface area contributed by atoms with E-state index < -0.39 is 0 Å². The quantitative estimate of drug-likeness (QED) is 0.852. The Morgan fingerprint density at radius 2 is 2.22 bits per heavy atom. The normalized spacial score (nSPS) is 30.3. The first kappa shape index (κ1) is 13.7. The third kappa shape index (κ3) is 3.88. The molecule has 1 aliphatic rings. The molecule has 1 saturated carbocycles. The van der Waals surface area contributed by atoms with E-state index in [0.717, 1.165) is 30.4 Å². The Bertz CT molecular complexity index is 333. The highest BCUT2D eigenvalue weighted by atomic mass is 16.3. The summed E-state index contributed by atoms with van der Waals surface area (Å²) in [5, 5.41) is 3.81. The average molecular weight is 249 g/mol. The highest BCUT2D eigenvalue weighted by Gasteiger charge is 2.25. The zero-order valence-electron chi connectivity index (χ0n) is 12.0. The minimum absolute atomic E-state index is 0.580. The summed E-state index contributed by atoms with van der Waals surface area (Å²) in [6.45, 7) is 7.08. The number of nitrogens with one attached hydrogen (secondary N) is 1. The van der Waals surface area contributed by atoms with Gasteiger partial charge in [0.2, 0.25) is 0 Å². The Morgan fingerprint density at radius 3 is 2.89 bits per heavy atom. The van der Waals surface area contributed by atoms with Gasteiger partial charge < -0.3 is 9.73 Å². The van der Waals surface area contributed by atoms with Crippen molar-refractivity contribution in [1.29, 1.82) is 0 Å². The first-order valence-electron chi connectivity index (χ1n) is 7.43. The van der Waals surface area contributed by atoms with Crippen molar-refractivity contribution in [2.24, 2.45) is 11.8 Å². The molecule has 4 unspecified atom stereocenters. The summed E-state index contributed by atoms with van der Waals surface area (Å²) in [7, 11) is 0. The lowest BCUT2D eigenvalue weighted by Crippen LogP contribution is -2.43. The Hall–Kier alpha value is -0.760. The highest BCUT2D eigenvalue weighted by molar-refractivity contribution is 4.98. The van der Waals surface area contributed by atoms with Crippen LogP contribution in [0.15, 0.2) is 22.8 Å². The van der Waals surface area contributed by atoms with Crippen molar-refractivity contribution in [2.75, 3.05) is 0 Å². The molecular weight excluding hydrogens is 222 g/mol. The van der Waals surface area contributed by atoms with E-state index in [0.29, 0.717) is 12.1 Å². The molecule has 2 nitrogen and oxygen atoms in total. The van der Waals surface area contributed by atoms with Crippen LogP contribution in [0.3, 0.4) is 0 Å². The summed E-state index contributed by atoms with van der Waals surface area (Å²) in [6.07, 6.45) is 8.06. The molecule has 0 spiro atoms. The molecule has 0 aliphatic heterocycles. The van der Waals surface area contributed by atoms with Gasteiger partial charge in [0, 0.05) is 18.5 Å². The molecule has 4 atom stereocenters. The van der Waals surface area contributed by atoms with Crippen LogP contribution >= 0.6 is 0 Å². The molecule has 0 aromatic carbocycles. The molecule has 0 amide bonds. The van der Waals surface area contributed by atoms with E-state index >= 15 is 0 Å². The van der Waals surface area contributed by atoms with Gasteiger partial charge in [0.15, 0.2) is 0 Å². The fourth-order valence-corrected chi connectivity index (χ4v) is 3.18. The fraction of sp³-hybridized carbons (Fsp3) is 0.750. The third-order valence-corrected chi connectivity index (χ3v) is 4.33. The van der Waals surface area contributed by atoms with E-state index in [2.05, 4.69) is 32.2 Å². The Morgan fingerprint density at radius 1 is 1.39 bits per heavy atom. The van der Waals surface area contributed by atoms with Gasteiger partial charge in [-0.1, -0.05) is 13.8 Å². The molecule has 0 radical (unpaired) electrons. The summed E-state index contributed by atoms with van der Waals surface area (Å²) in [5.74, 6) is 2.84. The van der Waals surface area contributed by atoms with Crippen molar-refractivity contribution >= 4 is 0 Å². The second-order valence-corrected chi connectivity index (χ2v) is 6.19. The molecule has 18 heavy (non-hydrogen) atoms. The molecule has 1 heterocycles. The second kappa shape index (κ2) is 6.42. The summed E-state index contributed by atoms with van der Waals surface area (Å²) >= 11 is 0. The van der Waals surface area contributed by atoms with Crippen LogP contribution < -0.4 is 5.32 Å². The predicted molar refractivity (Wildman–Crippen MR) is 75.6 cm³/mol. The largest absolute Gasteiger partial charge is 0.469 e. The topological polar surface area (TPSA) is 25.2 Å². The standard InChI is InChI=1S/C16H27NO/c1-12-6-9-16(13(2)11-12)17-14(3)7-8-15-5-4-10-18-15/h4-5,10,12-14,16-17H,6-9,11H2,1-3H3. The van der Waals surface area contributed by atoms with Gasteiger partial charge in [0.1, 0.15) is 5.76 Å². The van der Waals surface area contributed by atoms with E-state index in [1.807, 2.05) is 6.07 Å². The molecule has 0 bridgehead atoms. The van der Waals surface area contributed by atoms with E-state index in [4.69, 9.17) is 4.42 Å². The smallest absolute Gasteiger partial charge is 0.103 e.